The number of hydrogen-bond donors (Lipinski definition) is 4. The molecule has 10 aromatic rings. The highest BCUT2D eigenvalue weighted by atomic mass is 32.2. The van der Waals surface area contributed by atoms with Gasteiger partial charge in [0.1, 0.15) is 0 Å². The van der Waals surface area contributed by atoms with Crippen LogP contribution in [-0.4, -0.2) is 76.7 Å². The molecule has 0 aliphatic heterocycles. The van der Waals surface area contributed by atoms with Crippen molar-refractivity contribution in [3.63, 3.8) is 0 Å². The molecule has 0 bridgehead atoms. The van der Waals surface area contributed by atoms with E-state index in [4.69, 9.17) is 9.47 Å². The Hall–Kier alpha value is -14.0. The summed E-state index contributed by atoms with van der Waals surface area (Å²) in [5.74, 6) is -2.56. The van der Waals surface area contributed by atoms with Crippen molar-refractivity contribution in [3.05, 3.63) is 368 Å². The molecule has 0 spiro atoms. The number of unbranched alkanes of at least 4 members (excludes halogenated alkanes) is 12. The summed E-state index contributed by atoms with van der Waals surface area (Å²) in [5, 5.41) is 35.1. The minimum absolute atomic E-state index is 0.0866. The maximum Gasteiger partial charge on any atom is 0.411 e. The molecule has 0 saturated heterocycles. The fourth-order valence-electron chi connectivity index (χ4n) is 16.6. The smallest absolute Gasteiger partial charge is 0.411 e. The molecular formula is C114H124N8O12S2. The normalized spacial score (nSPS) is 14.6. The number of nitrogens with one attached hydrogen (secondary N) is 4. The Bertz CT molecular complexity index is 6440. The third-order valence-electron chi connectivity index (χ3n) is 24.3. The van der Waals surface area contributed by atoms with Gasteiger partial charge >= 0.3 is 12.2 Å². The Morgan fingerprint density at radius 2 is 0.610 bits per heavy atom. The zero-order valence-electron chi connectivity index (χ0n) is 80.0. The Morgan fingerprint density at radius 3 is 0.949 bits per heavy atom. The van der Waals surface area contributed by atoms with Crippen LogP contribution < -0.4 is 49.2 Å². The Labute approximate surface area is 802 Å². The number of anilines is 8. The number of benzene rings is 10. The number of amides is 2. The van der Waals surface area contributed by atoms with Gasteiger partial charge < -0.3 is 29.5 Å². The summed E-state index contributed by atoms with van der Waals surface area (Å²) in [6.45, 7) is 24.9. The molecule has 0 heterocycles. The van der Waals surface area contributed by atoms with Crippen molar-refractivity contribution in [1.82, 2.24) is 19.2 Å². The molecule has 704 valence electrons. The fourth-order valence-corrected chi connectivity index (χ4v) is 19.0. The van der Waals surface area contributed by atoms with Gasteiger partial charge in [0.05, 0.1) is 47.5 Å². The molecule has 4 aliphatic rings. The van der Waals surface area contributed by atoms with Gasteiger partial charge in [-0.3, -0.25) is 29.7 Å². The number of hydrogen-bond acceptors (Lipinski definition) is 14. The molecule has 10 aromatic carbocycles. The minimum atomic E-state index is -3.93. The van der Waals surface area contributed by atoms with Crippen LogP contribution in [0.15, 0.2) is 312 Å². The Morgan fingerprint density at radius 1 is 0.324 bits per heavy atom. The molecule has 2 amide bonds. The van der Waals surface area contributed by atoms with Crippen LogP contribution in [0.5, 0.6) is 0 Å². The highest BCUT2D eigenvalue weighted by molar-refractivity contribution is 7.92. The lowest BCUT2D eigenvalue weighted by Gasteiger charge is -2.35. The van der Waals surface area contributed by atoms with Gasteiger partial charge in [-0.2, -0.15) is 9.15 Å². The average molecular weight is 1860 g/mol. The van der Waals surface area contributed by atoms with Crippen molar-refractivity contribution in [2.24, 2.45) is 0 Å². The quantitative estimate of drug-likeness (QED) is 0.0159. The molecule has 4 N–H and O–H groups in total. The summed E-state index contributed by atoms with van der Waals surface area (Å²) < 4.78 is 76.1. The molecule has 14 rings (SSSR count). The maximum absolute atomic E-state index is 14.7. The lowest BCUT2D eigenvalue weighted by molar-refractivity contribution is -0.298. The number of aryl methyl sites for hydroxylation is 8. The van der Waals surface area contributed by atoms with Crippen LogP contribution in [0.4, 0.5) is 77.8 Å². The molecule has 0 aromatic heterocycles. The summed E-state index contributed by atoms with van der Waals surface area (Å²) in [6, 6.07) is 74.7. The molecule has 20 nitrogen and oxygen atoms in total. The van der Waals surface area contributed by atoms with Gasteiger partial charge in [-0.05, 0) is 166 Å². The number of rotatable bonds is 38. The number of nitrogens with zero attached hydrogens (tertiary/aromatic N) is 4. The first-order valence-electron chi connectivity index (χ1n) is 47.4. The van der Waals surface area contributed by atoms with Crippen LogP contribution in [0.25, 0.3) is 11.1 Å². The number of ketones is 2. The van der Waals surface area contributed by atoms with Gasteiger partial charge in [0.15, 0.2) is 11.6 Å². The summed E-state index contributed by atoms with van der Waals surface area (Å²) in [7, 11) is -7.87. The van der Waals surface area contributed by atoms with E-state index in [-0.39, 0.29) is 92.1 Å². The van der Waals surface area contributed by atoms with E-state index in [1.54, 1.807) is 60.7 Å². The Balaban J connectivity index is 0.000000230. The molecule has 0 saturated carbocycles. The number of carbonyl (C=O) groups is 4. The van der Waals surface area contributed by atoms with Crippen LogP contribution in [0.1, 0.15) is 186 Å². The second-order valence-electron chi connectivity index (χ2n) is 35.4. The first-order valence-corrected chi connectivity index (χ1v) is 50.7. The monoisotopic (exact) mass is 1860 g/mol. The molecule has 0 unspecified atom stereocenters. The average Bonchev–Trinajstić information content (AvgIpc) is 0.731. The molecule has 4 aliphatic carbocycles. The zero-order valence-corrected chi connectivity index (χ0v) is 81.7. The van der Waals surface area contributed by atoms with Gasteiger partial charge in [0, 0.05) is 152 Å². The van der Waals surface area contributed by atoms with Gasteiger partial charge in [0.25, 0.3) is 0 Å². The zero-order chi connectivity index (χ0) is 96.7. The highest BCUT2D eigenvalue weighted by Gasteiger charge is 2.39. The van der Waals surface area contributed by atoms with Gasteiger partial charge in [-0.25, -0.2) is 26.4 Å². The van der Waals surface area contributed by atoms with E-state index in [0.29, 0.717) is 48.5 Å². The predicted molar refractivity (Wildman–Crippen MR) is 552 cm³/mol. The topological polar surface area (TPSA) is 262 Å². The van der Waals surface area contributed by atoms with E-state index in [1.165, 1.54) is 0 Å². The molecule has 136 heavy (non-hydrogen) atoms. The molecule has 0 atom stereocenters. The summed E-state index contributed by atoms with van der Waals surface area (Å²) in [5.41, 5.74) is 19.0. The van der Waals surface area contributed by atoms with E-state index in [2.05, 4.69) is 57.2 Å². The summed E-state index contributed by atoms with van der Waals surface area (Å²) in [6.07, 6.45) is 22.5. The molecular weight excluding hydrogens is 1740 g/mol. The maximum atomic E-state index is 14.7. The minimum Gasteiger partial charge on any atom is -0.871 e. The van der Waals surface area contributed by atoms with Gasteiger partial charge in [-0.15, -0.1) is 0 Å². The fraction of sp³-hybridized carbons (Fsp3) is 0.281. The third-order valence-corrected chi connectivity index (χ3v) is 27.0. The largest absolute Gasteiger partial charge is 0.871 e. The van der Waals surface area contributed by atoms with E-state index >= 15 is 0 Å². The second kappa shape index (κ2) is 46.3. The molecule has 0 radical (unpaired) electrons. The SMILES string of the molecule is CCCCCCOC(=O)NC1=CC(=[N+](c2ccc(C)cc2)c2ccc(C)cc2)C=CC1=C1C(=O)C(c2ccc(N(c3ccc(C)cc3)c3ccc(C)cc3)cc2NC(=O)OCCCCCC)=C1[O-].CCCCCCS(=O)(=O)NC1=CC(=[N+](c2ccc(C)cc2)c2ccc(C)cc2)C=CC1=C1C(=O)C(c2ccc(N(c3ccc(C)cc3)c3ccc(C)cc3)cc2NS(=O)(=O)CCCCCC)=C1[O-]. The Kier molecular flexibility index (Phi) is 33.9. The first kappa shape index (κ1) is 99.5. The molecule has 0 fully saturated rings. The van der Waals surface area contributed by atoms with E-state index < -0.39 is 55.3 Å². The van der Waals surface area contributed by atoms with Gasteiger partial charge in [-0.1, -0.05) is 270 Å². The van der Waals surface area contributed by atoms with Crippen molar-refractivity contribution in [2.45, 2.75) is 186 Å². The predicted octanol–water partition coefficient (Wildman–Crippen LogP) is 24.8. The van der Waals surface area contributed by atoms with Crippen LogP contribution in [0.3, 0.4) is 0 Å². The third kappa shape index (κ3) is 25.2. The number of sulfonamides is 2. The standard InChI is InChI=1S/C58H62N4O6.C56H62N4O6S2/c1-7-9-11-13-35-67-57(65)59-51-37-47(61(43-23-15-39(3)16-24-43)44-25-17-40(4)18-26-44)31-33-49(51)53-55(63)54(56(53)64)50-34-32-48(38-52(50)60-58(66)68-36-14-12-10-8-2)62(45-27-19-41(5)20-28-45)46-29-21-42(6)22-30-46;1-7-9-11-13-35-67(63,64)57-51-37-47(59(43-23-15-39(3)16-24-43)44-25-17-40(4)18-26-44)31-33-49(51)53-55(61)54(56(53)62)50-34-32-48(38-52(50)58-68(65,66)36-14-12-10-8-2)60(45-27-19-41(5)20-28-45)46-29-21-42(6)22-30-46/h15-34,37-38H,7-14,35-36H2,1-6H3,(H2,59,60,63,64,65,66);15-34,37-38H,7-14,35-36H2,1-6H3,(H2,57,58,61,62). The first-order chi connectivity index (χ1) is 65.5. The van der Waals surface area contributed by atoms with Crippen LogP contribution >= 0.6 is 0 Å². The van der Waals surface area contributed by atoms with Crippen molar-refractivity contribution < 1.29 is 55.7 Å². The molecule has 22 heteroatoms. The van der Waals surface area contributed by atoms with Crippen LogP contribution in [0.2, 0.25) is 0 Å². The second-order valence-corrected chi connectivity index (χ2v) is 39.1. The van der Waals surface area contributed by atoms with E-state index in [1.807, 2.05) is 271 Å². The number of Topliss-reactive ketones (excluding diaryl/α,β-unsaturated/α-hetero) is 2. The lowest BCUT2D eigenvalue weighted by atomic mass is 9.78. The van der Waals surface area contributed by atoms with Crippen molar-refractivity contribution in [2.75, 3.05) is 44.6 Å². The number of allylic oxidation sites excluding steroid dienone is 10. The lowest BCUT2D eigenvalue weighted by Crippen LogP contribution is -2.35. The van der Waals surface area contributed by atoms with Crippen molar-refractivity contribution in [1.29, 1.82) is 0 Å². The summed E-state index contributed by atoms with van der Waals surface area (Å²) in [4.78, 5) is 60.3. The number of alkyl carbamates (subject to hydrolysis) is 1. The van der Waals surface area contributed by atoms with Crippen LogP contribution in [-0.2, 0) is 39.1 Å². The van der Waals surface area contributed by atoms with Crippen molar-refractivity contribution >= 4 is 135 Å². The summed E-state index contributed by atoms with van der Waals surface area (Å²) >= 11 is 0. The highest BCUT2D eigenvalue weighted by Crippen LogP contribution is 2.48. The van der Waals surface area contributed by atoms with Gasteiger partial charge in [0.2, 0.25) is 54.2 Å². The number of carbonyl (C=O) groups excluding carboxylic acids is 4. The van der Waals surface area contributed by atoms with E-state index in [0.717, 1.165) is 167 Å². The number of ether oxygens (including phenoxy) is 2. The van der Waals surface area contributed by atoms with Crippen LogP contribution in [0, 0.1) is 55.4 Å². The van der Waals surface area contributed by atoms with E-state index in [9.17, 15) is 46.2 Å². The van der Waals surface area contributed by atoms with Crippen molar-refractivity contribution in [3.8, 4) is 0 Å².